The number of aryl methyl sites for hydroxylation is 3. The van der Waals surface area contributed by atoms with E-state index in [-0.39, 0.29) is 0 Å². The Morgan fingerprint density at radius 3 is 2.67 bits per heavy atom. The summed E-state index contributed by atoms with van der Waals surface area (Å²) in [5.41, 5.74) is 7.06. The summed E-state index contributed by atoms with van der Waals surface area (Å²) in [6, 6.07) is 13.9. The van der Waals surface area contributed by atoms with Crippen LogP contribution >= 0.6 is 11.8 Å². The van der Waals surface area contributed by atoms with Crippen LogP contribution in [0.25, 0.3) is 0 Å². The molecule has 0 fully saturated rings. The standard InChI is InChI=1S/C19H23NS/c1-13-10-15(3)16(11-14(13)2)12-20-18-8-9-21-19-7-5-4-6-17(18)19/h4-7,10-11,18,20H,8-9,12H2,1-3H3. The monoisotopic (exact) mass is 297 g/mol. The van der Waals surface area contributed by atoms with Crippen LogP contribution in [0.3, 0.4) is 0 Å². The van der Waals surface area contributed by atoms with E-state index in [1.165, 1.54) is 44.9 Å². The van der Waals surface area contributed by atoms with E-state index in [9.17, 15) is 0 Å². The molecule has 1 atom stereocenters. The predicted octanol–water partition coefficient (Wildman–Crippen LogP) is 4.94. The number of nitrogens with one attached hydrogen (secondary N) is 1. The van der Waals surface area contributed by atoms with Gasteiger partial charge < -0.3 is 5.32 Å². The lowest BCUT2D eigenvalue weighted by molar-refractivity contribution is 0.509. The molecule has 0 saturated carbocycles. The normalized spacial score (nSPS) is 17.6. The maximum absolute atomic E-state index is 3.77. The first kappa shape index (κ1) is 14.7. The van der Waals surface area contributed by atoms with Crippen molar-refractivity contribution >= 4 is 11.8 Å². The fourth-order valence-corrected chi connectivity index (χ4v) is 4.12. The highest BCUT2D eigenvalue weighted by Crippen LogP contribution is 2.36. The van der Waals surface area contributed by atoms with Crippen LogP contribution in [0.2, 0.25) is 0 Å². The Hall–Kier alpha value is -1.25. The van der Waals surface area contributed by atoms with E-state index in [2.05, 4.69) is 62.5 Å². The Kier molecular flexibility index (Phi) is 4.37. The van der Waals surface area contributed by atoms with E-state index in [1.54, 1.807) is 0 Å². The number of fused-ring (bicyclic) bond motifs is 1. The van der Waals surface area contributed by atoms with Gasteiger partial charge in [-0.15, -0.1) is 11.8 Å². The zero-order valence-electron chi connectivity index (χ0n) is 13.1. The van der Waals surface area contributed by atoms with Crippen molar-refractivity contribution < 1.29 is 0 Å². The molecular weight excluding hydrogens is 274 g/mol. The van der Waals surface area contributed by atoms with E-state index >= 15 is 0 Å². The second kappa shape index (κ2) is 6.25. The highest BCUT2D eigenvalue weighted by molar-refractivity contribution is 7.99. The van der Waals surface area contributed by atoms with Crippen LogP contribution in [-0.4, -0.2) is 5.75 Å². The van der Waals surface area contributed by atoms with Crippen LogP contribution in [0.1, 0.15) is 40.3 Å². The Morgan fingerprint density at radius 2 is 1.81 bits per heavy atom. The highest BCUT2D eigenvalue weighted by atomic mass is 32.2. The van der Waals surface area contributed by atoms with E-state index in [0.29, 0.717) is 6.04 Å². The molecule has 1 aliphatic rings. The molecule has 110 valence electrons. The van der Waals surface area contributed by atoms with Crippen molar-refractivity contribution in [3.63, 3.8) is 0 Å². The number of hydrogen-bond acceptors (Lipinski definition) is 2. The Balaban J connectivity index is 1.76. The average molecular weight is 297 g/mol. The summed E-state index contributed by atoms with van der Waals surface area (Å²) in [5, 5.41) is 3.77. The number of benzene rings is 2. The van der Waals surface area contributed by atoms with Crippen LogP contribution < -0.4 is 5.32 Å². The molecule has 0 spiro atoms. The highest BCUT2D eigenvalue weighted by Gasteiger charge is 2.19. The molecule has 0 saturated heterocycles. The maximum atomic E-state index is 3.77. The molecule has 2 aromatic carbocycles. The number of thioether (sulfide) groups is 1. The van der Waals surface area contributed by atoms with Crippen molar-refractivity contribution in [3.05, 3.63) is 64.2 Å². The lowest BCUT2D eigenvalue weighted by Gasteiger charge is -2.26. The largest absolute Gasteiger partial charge is 0.306 e. The molecule has 0 bridgehead atoms. The Bertz CT molecular complexity index is 648. The molecule has 0 aliphatic carbocycles. The molecule has 0 amide bonds. The number of rotatable bonds is 3. The van der Waals surface area contributed by atoms with Gasteiger partial charge in [-0.05, 0) is 66.8 Å². The van der Waals surface area contributed by atoms with Crippen molar-refractivity contribution in [3.8, 4) is 0 Å². The zero-order valence-corrected chi connectivity index (χ0v) is 13.9. The van der Waals surface area contributed by atoms with Crippen molar-refractivity contribution in [2.24, 2.45) is 0 Å². The molecule has 0 radical (unpaired) electrons. The van der Waals surface area contributed by atoms with Gasteiger partial charge in [0, 0.05) is 17.5 Å². The molecule has 1 nitrogen and oxygen atoms in total. The summed E-state index contributed by atoms with van der Waals surface area (Å²) in [6.45, 7) is 7.56. The average Bonchev–Trinajstić information content (AvgIpc) is 2.49. The van der Waals surface area contributed by atoms with E-state index < -0.39 is 0 Å². The molecule has 1 heterocycles. The van der Waals surface area contributed by atoms with Crippen molar-refractivity contribution in [1.82, 2.24) is 5.32 Å². The quantitative estimate of drug-likeness (QED) is 0.861. The molecule has 2 heteroatoms. The summed E-state index contributed by atoms with van der Waals surface area (Å²) < 4.78 is 0. The third-order valence-electron chi connectivity index (χ3n) is 4.45. The summed E-state index contributed by atoms with van der Waals surface area (Å²) in [4.78, 5) is 1.44. The van der Waals surface area contributed by atoms with E-state index in [0.717, 1.165) is 6.54 Å². The molecule has 1 aliphatic heterocycles. The summed E-state index contributed by atoms with van der Waals surface area (Å²) in [7, 11) is 0. The minimum Gasteiger partial charge on any atom is -0.306 e. The van der Waals surface area contributed by atoms with Crippen molar-refractivity contribution in [1.29, 1.82) is 0 Å². The van der Waals surface area contributed by atoms with E-state index in [4.69, 9.17) is 0 Å². The Labute approximate surface area is 132 Å². The third-order valence-corrected chi connectivity index (χ3v) is 5.57. The van der Waals surface area contributed by atoms with Crippen LogP contribution in [0, 0.1) is 20.8 Å². The SMILES string of the molecule is Cc1cc(C)c(CNC2CCSc3ccccc32)cc1C. The van der Waals surface area contributed by atoms with Crippen LogP contribution in [0.15, 0.2) is 41.3 Å². The molecule has 0 aromatic heterocycles. The first-order valence-electron chi connectivity index (χ1n) is 7.67. The predicted molar refractivity (Wildman–Crippen MR) is 92.0 cm³/mol. The lowest BCUT2D eigenvalue weighted by Crippen LogP contribution is -2.24. The van der Waals surface area contributed by atoms with Gasteiger partial charge in [0.15, 0.2) is 0 Å². The molecule has 1 N–H and O–H groups in total. The first-order chi connectivity index (χ1) is 10.1. The van der Waals surface area contributed by atoms with Gasteiger partial charge >= 0.3 is 0 Å². The number of hydrogen-bond donors (Lipinski definition) is 1. The third kappa shape index (κ3) is 3.17. The maximum Gasteiger partial charge on any atom is 0.0342 e. The topological polar surface area (TPSA) is 12.0 Å². The fraction of sp³-hybridized carbons (Fsp3) is 0.368. The van der Waals surface area contributed by atoms with Gasteiger partial charge in [-0.1, -0.05) is 30.3 Å². The second-order valence-corrected chi connectivity index (χ2v) is 7.11. The van der Waals surface area contributed by atoms with E-state index in [1.807, 2.05) is 11.8 Å². The second-order valence-electron chi connectivity index (χ2n) is 5.97. The van der Waals surface area contributed by atoms with Gasteiger partial charge in [0.1, 0.15) is 0 Å². The smallest absolute Gasteiger partial charge is 0.0342 e. The van der Waals surface area contributed by atoms with Crippen molar-refractivity contribution in [2.75, 3.05) is 5.75 Å². The zero-order chi connectivity index (χ0) is 14.8. The van der Waals surface area contributed by atoms with Crippen LogP contribution in [0.4, 0.5) is 0 Å². The van der Waals surface area contributed by atoms with Gasteiger partial charge in [0.25, 0.3) is 0 Å². The molecule has 1 unspecified atom stereocenters. The van der Waals surface area contributed by atoms with Gasteiger partial charge in [0.05, 0.1) is 0 Å². The fourth-order valence-electron chi connectivity index (χ4n) is 3.00. The van der Waals surface area contributed by atoms with Gasteiger partial charge in [-0.3, -0.25) is 0 Å². The summed E-state index contributed by atoms with van der Waals surface area (Å²) in [6.07, 6.45) is 1.21. The van der Waals surface area contributed by atoms with Gasteiger partial charge in [0.2, 0.25) is 0 Å². The molecule has 2 aromatic rings. The Morgan fingerprint density at radius 1 is 1.05 bits per heavy atom. The minimum atomic E-state index is 0.489. The summed E-state index contributed by atoms with van der Waals surface area (Å²) >= 11 is 1.98. The van der Waals surface area contributed by atoms with Crippen LogP contribution in [0.5, 0.6) is 0 Å². The molecular formula is C19H23NS. The van der Waals surface area contributed by atoms with Gasteiger partial charge in [-0.2, -0.15) is 0 Å². The molecule has 3 rings (SSSR count). The van der Waals surface area contributed by atoms with Crippen molar-refractivity contribution in [2.45, 2.75) is 44.7 Å². The molecule has 21 heavy (non-hydrogen) atoms. The minimum absolute atomic E-state index is 0.489. The first-order valence-corrected chi connectivity index (χ1v) is 8.65. The lowest BCUT2D eigenvalue weighted by atomic mass is 9.99. The van der Waals surface area contributed by atoms with Gasteiger partial charge in [-0.25, -0.2) is 0 Å². The van der Waals surface area contributed by atoms with Crippen LogP contribution in [-0.2, 0) is 6.54 Å². The summed E-state index contributed by atoms with van der Waals surface area (Å²) in [5.74, 6) is 1.21.